The number of rotatable bonds is 4. The van der Waals surface area contributed by atoms with Crippen LogP contribution in [0, 0.1) is 5.92 Å². The first-order valence-corrected chi connectivity index (χ1v) is 7.07. The Morgan fingerprint density at radius 2 is 1.95 bits per heavy atom. The van der Waals surface area contributed by atoms with Gasteiger partial charge in [-0.3, -0.25) is 9.59 Å². The van der Waals surface area contributed by atoms with E-state index in [0.29, 0.717) is 6.54 Å². The summed E-state index contributed by atoms with van der Waals surface area (Å²) in [7, 11) is 1.69. The van der Waals surface area contributed by atoms with E-state index in [2.05, 4.69) is 0 Å². The number of hydrogen-bond donors (Lipinski definition) is 1. The van der Waals surface area contributed by atoms with Gasteiger partial charge < -0.3 is 14.9 Å². The van der Waals surface area contributed by atoms with E-state index < -0.39 is 5.60 Å². The van der Waals surface area contributed by atoms with Crippen LogP contribution in [0.5, 0.6) is 0 Å². The van der Waals surface area contributed by atoms with E-state index in [9.17, 15) is 14.7 Å². The number of aliphatic hydroxyl groups is 1. The van der Waals surface area contributed by atoms with Gasteiger partial charge in [-0.15, -0.1) is 0 Å². The van der Waals surface area contributed by atoms with Crippen molar-refractivity contribution in [1.82, 2.24) is 9.80 Å². The molecular formula is C14H24N2O3. The van der Waals surface area contributed by atoms with Crippen LogP contribution in [0.3, 0.4) is 0 Å². The van der Waals surface area contributed by atoms with Crippen molar-refractivity contribution >= 4 is 11.8 Å². The lowest BCUT2D eigenvalue weighted by molar-refractivity contribution is -0.145. The minimum Gasteiger partial charge on any atom is -0.389 e. The van der Waals surface area contributed by atoms with Gasteiger partial charge in [0.2, 0.25) is 11.8 Å². The van der Waals surface area contributed by atoms with Crippen LogP contribution in [0.25, 0.3) is 0 Å². The lowest BCUT2D eigenvalue weighted by Gasteiger charge is -2.31. The third-order valence-corrected chi connectivity index (χ3v) is 3.75. The quantitative estimate of drug-likeness (QED) is 0.813. The van der Waals surface area contributed by atoms with Gasteiger partial charge in [0.05, 0.1) is 5.60 Å². The average molecular weight is 268 g/mol. The monoisotopic (exact) mass is 268 g/mol. The predicted octanol–water partition coefficient (Wildman–Crippen LogP) is 0.617. The standard InChI is InChI=1S/C14H24N2O3/c1-14(2,19)9-15(3)13(18)11-5-4-8-16(11)12(17)10-6-7-10/h10-11,19H,4-9H2,1-3H3. The first kappa shape index (κ1) is 14.3. The molecule has 1 N–H and O–H groups in total. The lowest BCUT2D eigenvalue weighted by Crippen LogP contribution is -2.50. The topological polar surface area (TPSA) is 60.9 Å². The Bertz CT molecular complexity index is 371. The second-order valence-corrected chi connectivity index (χ2v) is 6.47. The summed E-state index contributed by atoms with van der Waals surface area (Å²) in [6, 6.07) is -0.319. The van der Waals surface area contributed by atoms with E-state index in [-0.39, 0.29) is 30.3 Å². The molecule has 5 nitrogen and oxygen atoms in total. The van der Waals surface area contributed by atoms with Gasteiger partial charge in [-0.05, 0) is 39.5 Å². The molecule has 1 aliphatic carbocycles. The summed E-state index contributed by atoms with van der Waals surface area (Å²) in [4.78, 5) is 27.8. The molecule has 1 heterocycles. The molecule has 0 bridgehead atoms. The Labute approximate surface area is 114 Å². The van der Waals surface area contributed by atoms with E-state index >= 15 is 0 Å². The van der Waals surface area contributed by atoms with Crippen molar-refractivity contribution in [2.45, 2.75) is 51.2 Å². The summed E-state index contributed by atoms with van der Waals surface area (Å²) in [6.45, 7) is 4.34. The maximum atomic E-state index is 12.4. The van der Waals surface area contributed by atoms with Crippen molar-refractivity contribution < 1.29 is 14.7 Å². The second kappa shape index (κ2) is 5.12. The summed E-state index contributed by atoms with van der Waals surface area (Å²) in [5, 5.41) is 9.78. The Kier molecular flexibility index (Phi) is 3.85. The summed E-state index contributed by atoms with van der Waals surface area (Å²) in [5.74, 6) is 0.258. The van der Waals surface area contributed by atoms with Gasteiger partial charge in [-0.2, -0.15) is 0 Å². The van der Waals surface area contributed by atoms with Crippen LogP contribution in [0.1, 0.15) is 39.5 Å². The van der Waals surface area contributed by atoms with Gasteiger partial charge in [0, 0.05) is 26.1 Å². The van der Waals surface area contributed by atoms with Crippen LogP contribution >= 0.6 is 0 Å². The largest absolute Gasteiger partial charge is 0.389 e. The summed E-state index contributed by atoms with van der Waals surface area (Å²) < 4.78 is 0. The Hall–Kier alpha value is -1.10. The molecule has 2 fully saturated rings. The van der Waals surface area contributed by atoms with E-state index in [4.69, 9.17) is 0 Å². The molecule has 1 unspecified atom stereocenters. The summed E-state index contributed by atoms with van der Waals surface area (Å²) in [6.07, 6.45) is 3.57. The maximum Gasteiger partial charge on any atom is 0.245 e. The van der Waals surface area contributed by atoms with Crippen molar-refractivity contribution in [1.29, 1.82) is 0 Å². The smallest absolute Gasteiger partial charge is 0.245 e. The van der Waals surface area contributed by atoms with Crippen molar-refractivity contribution in [3.63, 3.8) is 0 Å². The minimum absolute atomic E-state index is 0.0476. The number of carbonyl (C=O) groups excluding carboxylic acids is 2. The van der Waals surface area contributed by atoms with Crippen molar-refractivity contribution in [3.05, 3.63) is 0 Å². The number of amides is 2. The molecule has 0 aromatic carbocycles. The summed E-state index contributed by atoms with van der Waals surface area (Å²) in [5.41, 5.74) is -0.908. The highest BCUT2D eigenvalue weighted by atomic mass is 16.3. The number of hydrogen-bond acceptors (Lipinski definition) is 3. The van der Waals surface area contributed by atoms with E-state index in [1.807, 2.05) is 0 Å². The molecule has 1 saturated heterocycles. The molecule has 0 radical (unpaired) electrons. The Morgan fingerprint density at radius 1 is 1.32 bits per heavy atom. The molecule has 2 aliphatic rings. The fraction of sp³-hybridized carbons (Fsp3) is 0.857. The molecule has 2 amide bonds. The van der Waals surface area contributed by atoms with Crippen molar-refractivity contribution in [2.75, 3.05) is 20.1 Å². The Morgan fingerprint density at radius 3 is 2.47 bits per heavy atom. The van der Waals surface area contributed by atoms with E-state index in [1.165, 1.54) is 0 Å². The first-order valence-electron chi connectivity index (χ1n) is 7.07. The second-order valence-electron chi connectivity index (χ2n) is 6.47. The van der Waals surface area contributed by atoms with Crippen LogP contribution in [0.2, 0.25) is 0 Å². The van der Waals surface area contributed by atoms with Gasteiger partial charge in [-0.1, -0.05) is 0 Å². The highest BCUT2D eigenvalue weighted by Gasteiger charge is 2.41. The zero-order chi connectivity index (χ0) is 14.2. The van der Waals surface area contributed by atoms with Crippen LogP contribution in [0.4, 0.5) is 0 Å². The molecular weight excluding hydrogens is 244 g/mol. The normalized spacial score (nSPS) is 23.6. The molecule has 19 heavy (non-hydrogen) atoms. The molecule has 5 heteroatoms. The zero-order valence-corrected chi connectivity index (χ0v) is 12.1. The van der Waals surface area contributed by atoms with Gasteiger partial charge in [0.25, 0.3) is 0 Å². The fourth-order valence-corrected chi connectivity index (χ4v) is 2.76. The van der Waals surface area contributed by atoms with Crippen LogP contribution in [-0.2, 0) is 9.59 Å². The molecule has 1 saturated carbocycles. The first-order chi connectivity index (χ1) is 8.79. The van der Waals surface area contributed by atoms with Crippen LogP contribution in [-0.4, -0.2) is 58.5 Å². The van der Waals surface area contributed by atoms with Crippen LogP contribution in [0.15, 0.2) is 0 Å². The highest BCUT2D eigenvalue weighted by Crippen LogP contribution is 2.34. The average Bonchev–Trinajstić information content (AvgIpc) is 3.02. The SMILES string of the molecule is CN(CC(C)(C)O)C(=O)C1CCCN1C(=O)C1CC1. The van der Waals surface area contributed by atoms with Crippen molar-refractivity contribution in [2.24, 2.45) is 5.92 Å². The minimum atomic E-state index is -0.908. The third kappa shape index (κ3) is 3.47. The van der Waals surface area contributed by atoms with Gasteiger partial charge in [-0.25, -0.2) is 0 Å². The number of likely N-dealkylation sites (N-methyl/N-ethyl adjacent to an activating group) is 1. The molecule has 2 rings (SSSR count). The molecule has 1 aliphatic heterocycles. The van der Waals surface area contributed by atoms with Gasteiger partial charge in [0.15, 0.2) is 0 Å². The molecule has 1 atom stereocenters. The molecule has 0 aromatic heterocycles. The van der Waals surface area contributed by atoms with E-state index in [1.54, 1.807) is 30.7 Å². The lowest BCUT2D eigenvalue weighted by atomic mass is 10.1. The van der Waals surface area contributed by atoms with Crippen LogP contribution < -0.4 is 0 Å². The number of nitrogens with zero attached hydrogens (tertiary/aromatic N) is 2. The van der Waals surface area contributed by atoms with E-state index in [0.717, 1.165) is 25.7 Å². The zero-order valence-electron chi connectivity index (χ0n) is 12.1. The molecule has 108 valence electrons. The predicted molar refractivity (Wildman–Crippen MR) is 71.4 cm³/mol. The molecule has 0 spiro atoms. The van der Waals surface area contributed by atoms with Gasteiger partial charge in [0.1, 0.15) is 6.04 Å². The highest BCUT2D eigenvalue weighted by molar-refractivity contribution is 5.89. The maximum absolute atomic E-state index is 12.4. The third-order valence-electron chi connectivity index (χ3n) is 3.75. The van der Waals surface area contributed by atoms with Crippen molar-refractivity contribution in [3.8, 4) is 0 Å². The fourth-order valence-electron chi connectivity index (χ4n) is 2.76. The summed E-state index contributed by atoms with van der Waals surface area (Å²) >= 11 is 0. The Balaban J connectivity index is 1.98. The number of carbonyl (C=O) groups is 2. The number of likely N-dealkylation sites (tertiary alicyclic amines) is 1. The van der Waals surface area contributed by atoms with Gasteiger partial charge >= 0.3 is 0 Å². The molecule has 0 aromatic rings.